The molecule has 1 heterocycles. The Morgan fingerprint density at radius 3 is 1.89 bits per heavy atom. The Bertz CT molecular complexity index is 617. The molecular weight excluding hydrogens is 262 g/mol. The molecule has 0 saturated carbocycles. The average Bonchev–Trinajstić information content (AvgIpc) is 2.28. The van der Waals surface area contributed by atoms with Gasteiger partial charge in [-0.05, 0) is 50.6 Å². The van der Waals surface area contributed by atoms with Crippen LogP contribution >= 0.6 is 0 Å². The monoisotopic (exact) mass is 279 g/mol. The maximum atomic E-state index is 10.5. The molecule has 0 aliphatic rings. The highest BCUT2D eigenvalue weighted by atomic mass is 32.2. The molecule has 0 atom stereocenters. The molecule has 102 valence electrons. The van der Waals surface area contributed by atoms with Gasteiger partial charge in [-0.3, -0.25) is 9.54 Å². The van der Waals surface area contributed by atoms with Crippen molar-refractivity contribution in [3.05, 3.63) is 59.4 Å². The van der Waals surface area contributed by atoms with Crippen molar-refractivity contribution in [2.75, 3.05) is 0 Å². The van der Waals surface area contributed by atoms with Crippen molar-refractivity contribution in [3.8, 4) is 0 Å². The minimum atomic E-state index is -4.02. The fraction of sp³-hybridized carbons (Fsp3) is 0.214. The predicted octanol–water partition coefficient (Wildman–Crippen LogP) is 2.94. The molecule has 0 fully saturated rings. The van der Waals surface area contributed by atoms with Crippen molar-refractivity contribution in [1.82, 2.24) is 4.98 Å². The molecule has 1 aromatic carbocycles. The minimum absolute atomic E-state index is 0.0666. The van der Waals surface area contributed by atoms with Crippen LogP contribution in [0.2, 0.25) is 0 Å². The summed E-state index contributed by atoms with van der Waals surface area (Å²) in [5.41, 5.74) is 3.32. The molecule has 0 unspecified atom stereocenters. The summed E-state index contributed by atoms with van der Waals surface area (Å²) in [5, 5.41) is 0. The van der Waals surface area contributed by atoms with Gasteiger partial charge in [0.2, 0.25) is 0 Å². The zero-order chi connectivity index (χ0) is 14.5. The Morgan fingerprint density at radius 2 is 1.53 bits per heavy atom. The third-order valence-electron chi connectivity index (χ3n) is 2.37. The van der Waals surface area contributed by atoms with Crippen LogP contribution in [0.3, 0.4) is 0 Å². The lowest BCUT2D eigenvalue weighted by molar-refractivity contribution is 0.483. The van der Waals surface area contributed by atoms with E-state index >= 15 is 0 Å². The first-order valence-corrected chi connectivity index (χ1v) is 7.16. The number of nitrogens with zero attached hydrogens (tertiary/aromatic N) is 1. The largest absolute Gasteiger partial charge is 0.294 e. The van der Waals surface area contributed by atoms with E-state index in [9.17, 15) is 8.42 Å². The Morgan fingerprint density at radius 1 is 0.947 bits per heavy atom. The summed E-state index contributed by atoms with van der Waals surface area (Å²) >= 11 is 0. The number of pyridine rings is 1. The molecule has 0 saturated heterocycles. The Balaban J connectivity index is 0.000000200. The molecule has 0 aliphatic heterocycles. The summed E-state index contributed by atoms with van der Waals surface area (Å²) in [6.45, 7) is 5.90. The highest BCUT2D eigenvalue weighted by Crippen LogP contribution is 2.08. The van der Waals surface area contributed by atoms with Crippen molar-refractivity contribution in [1.29, 1.82) is 0 Å². The summed E-state index contributed by atoms with van der Waals surface area (Å²) in [6.07, 6.45) is 1.82. The van der Waals surface area contributed by atoms with Gasteiger partial charge in [0.1, 0.15) is 0 Å². The van der Waals surface area contributed by atoms with Crippen LogP contribution in [0.4, 0.5) is 0 Å². The smallest absolute Gasteiger partial charge is 0.282 e. The molecule has 0 aliphatic carbocycles. The van der Waals surface area contributed by atoms with E-state index in [-0.39, 0.29) is 4.90 Å². The van der Waals surface area contributed by atoms with Gasteiger partial charge in [0.05, 0.1) is 4.90 Å². The van der Waals surface area contributed by atoms with Crippen LogP contribution in [0, 0.1) is 20.8 Å². The first-order chi connectivity index (χ1) is 8.79. The van der Waals surface area contributed by atoms with Gasteiger partial charge < -0.3 is 0 Å². The molecule has 0 spiro atoms. The third kappa shape index (κ3) is 5.63. The molecule has 5 heteroatoms. The lowest BCUT2D eigenvalue weighted by Gasteiger charge is -1.95. The molecule has 0 amide bonds. The van der Waals surface area contributed by atoms with Crippen molar-refractivity contribution in [2.45, 2.75) is 25.7 Å². The van der Waals surface area contributed by atoms with Crippen molar-refractivity contribution >= 4 is 10.1 Å². The van der Waals surface area contributed by atoms with Crippen LogP contribution in [-0.2, 0) is 10.1 Å². The van der Waals surface area contributed by atoms with Gasteiger partial charge >= 0.3 is 0 Å². The van der Waals surface area contributed by atoms with E-state index in [0.29, 0.717) is 0 Å². The molecule has 1 aromatic heterocycles. The highest BCUT2D eigenvalue weighted by molar-refractivity contribution is 7.85. The number of aromatic nitrogens is 1. The number of hydrogen-bond donors (Lipinski definition) is 1. The fourth-order valence-electron chi connectivity index (χ4n) is 1.40. The van der Waals surface area contributed by atoms with Crippen LogP contribution in [0.25, 0.3) is 0 Å². The topological polar surface area (TPSA) is 67.3 Å². The average molecular weight is 279 g/mol. The van der Waals surface area contributed by atoms with Crippen LogP contribution in [0.1, 0.15) is 16.8 Å². The summed E-state index contributed by atoms with van der Waals surface area (Å²) in [5.74, 6) is 0. The first-order valence-electron chi connectivity index (χ1n) is 5.72. The van der Waals surface area contributed by atoms with Crippen LogP contribution in [0.15, 0.2) is 47.5 Å². The quantitative estimate of drug-likeness (QED) is 0.815. The van der Waals surface area contributed by atoms with Gasteiger partial charge in [0, 0.05) is 11.9 Å². The fourth-order valence-corrected chi connectivity index (χ4v) is 1.88. The van der Waals surface area contributed by atoms with E-state index in [1.165, 1.54) is 17.7 Å². The first kappa shape index (κ1) is 15.3. The maximum absolute atomic E-state index is 10.5. The Kier molecular flexibility index (Phi) is 5.20. The van der Waals surface area contributed by atoms with Crippen molar-refractivity contribution < 1.29 is 13.0 Å². The molecule has 0 radical (unpaired) electrons. The SMILES string of the molecule is Cc1ccc(S(=O)(=O)O)cc1.Cc1ccnc(C)c1. The van der Waals surface area contributed by atoms with E-state index in [2.05, 4.69) is 18.0 Å². The zero-order valence-corrected chi connectivity index (χ0v) is 12.0. The number of hydrogen-bond acceptors (Lipinski definition) is 3. The second-order valence-corrected chi connectivity index (χ2v) is 5.68. The predicted molar refractivity (Wildman–Crippen MR) is 74.7 cm³/mol. The standard InChI is InChI=1S/C7H9N.C7H8O3S/c1-6-3-4-8-7(2)5-6;1-6-2-4-7(5-3-6)11(8,9)10/h3-5H,1-2H3;2-5H,1H3,(H,8,9,10). The Hall–Kier alpha value is -1.72. The van der Waals surface area contributed by atoms with E-state index < -0.39 is 10.1 Å². The lowest BCUT2D eigenvalue weighted by atomic mass is 10.2. The van der Waals surface area contributed by atoms with Crippen LogP contribution in [-0.4, -0.2) is 18.0 Å². The minimum Gasteiger partial charge on any atom is -0.282 e. The molecule has 2 aromatic rings. The lowest BCUT2D eigenvalue weighted by Crippen LogP contribution is -1.96. The van der Waals surface area contributed by atoms with E-state index in [0.717, 1.165) is 11.3 Å². The molecule has 1 N–H and O–H groups in total. The molecule has 19 heavy (non-hydrogen) atoms. The number of rotatable bonds is 1. The van der Waals surface area contributed by atoms with Gasteiger partial charge in [-0.15, -0.1) is 0 Å². The van der Waals surface area contributed by atoms with Gasteiger partial charge in [-0.2, -0.15) is 8.42 Å². The zero-order valence-electron chi connectivity index (χ0n) is 11.2. The second-order valence-electron chi connectivity index (χ2n) is 4.26. The molecular formula is C14H17NO3S. The second kappa shape index (κ2) is 6.45. The van der Waals surface area contributed by atoms with E-state index in [4.69, 9.17) is 4.55 Å². The maximum Gasteiger partial charge on any atom is 0.294 e. The molecule has 0 bridgehead atoms. The van der Waals surface area contributed by atoms with E-state index in [1.807, 2.05) is 26.1 Å². The van der Waals surface area contributed by atoms with Gasteiger partial charge in [-0.25, -0.2) is 0 Å². The third-order valence-corrected chi connectivity index (χ3v) is 3.24. The number of aryl methyl sites for hydroxylation is 3. The van der Waals surface area contributed by atoms with Gasteiger partial charge in [0.15, 0.2) is 0 Å². The summed E-state index contributed by atoms with van der Waals surface area (Å²) in [7, 11) is -4.02. The summed E-state index contributed by atoms with van der Waals surface area (Å²) < 4.78 is 29.6. The summed E-state index contributed by atoms with van der Waals surface area (Å²) in [4.78, 5) is 3.97. The normalized spacial score (nSPS) is 10.5. The highest BCUT2D eigenvalue weighted by Gasteiger charge is 2.06. The van der Waals surface area contributed by atoms with Crippen molar-refractivity contribution in [3.63, 3.8) is 0 Å². The number of benzene rings is 1. The van der Waals surface area contributed by atoms with E-state index in [1.54, 1.807) is 12.1 Å². The molecule has 4 nitrogen and oxygen atoms in total. The van der Waals surface area contributed by atoms with Crippen LogP contribution < -0.4 is 0 Å². The van der Waals surface area contributed by atoms with Crippen molar-refractivity contribution in [2.24, 2.45) is 0 Å². The van der Waals surface area contributed by atoms with Gasteiger partial charge in [0.25, 0.3) is 10.1 Å². The molecule has 2 rings (SSSR count). The van der Waals surface area contributed by atoms with Crippen LogP contribution in [0.5, 0.6) is 0 Å². The Labute approximate surface area is 113 Å². The summed E-state index contributed by atoms with van der Waals surface area (Å²) in [6, 6.07) is 10.0. The van der Waals surface area contributed by atoms with Gasteiger partial charge in [-0.1, -0.05) is 17.7 Å².